The van der Waals surface area contributed by atoms with E-state index < -0.39 is 18.3 Å². The summed E-state index contributed by atoms with van der Waals surface area (Å²) in [5.41, 5.74) is 0.244. The van der Waals surface area contributed by atoms with E-state index in [0.717, 1.165) is 4.68 Å². The molecule has 0 spiro atoms. The minimum Gasteiger partial charge on any atom is -0.493 e. The number of rotatable bonds is 8. The molecule has 0 saturated carbocycles. The van der Waals surface area contributed by atoms with Crippen molar-refractivity contribution in [2.75, 3.05) is 12.4 Å². The maximum absolute atomic E-state index is 12.5. The van der Waals surface area contributed by atoms with Gasteiger partial charge >= 0.3 is 12.4 Å². The summed E-state index contributed by atoms with van der Waals surface area (Å²) in [5, 5.41) is 8.41. The van der Waals surface area contributed by atoms with Crippen molar-refractivity contribution in [1.82, 2.24) is 9.78 Å². The standard InChI is InChI=1S/C17H15F2N3O5S/c1-25-11-5-4-10(9-12(11)26-16(18)19)20-14(23)6-7-22-17(24)27-15(21-22)13-3-2-8-28-13/h2-5,8-9,16H,6-7H2,1H3,(H,20,23). The molecule has 2 heterocycles. The van der Waals surface area contributed by atoms with Gasteiger partial charge in [0.05, 0.1) is 18.5 Å². The molecule has 0 radical (unpaired) electrons. The predicted molar refractivity (Wildman–Crippen MR) is 96.9 cm³/mol. The third-order valence-electron chi connectivity index (χ3n) is 3.55. The predicted octanol–water partition coefficient (Wildman–Crippen LogP) is 3.20. The third kappa shape index (κ3) is 4.74. The molecule has 0 aliphatic carbocycles. The van der Waals surface area contributed by atoms with Crippen LogP contribution in [0.1, 0.15) is 6.42 Å². The first-order chi connectivity index (χ1) is 13.5. The number of methoxy groups -OCH3 is 1. The number of nitrogens with one attached hydrogen (secondary N) is 1. The zero-order chi connectivity index (χ0) is 20.1. The summed E-state index contributed by atoms with van der Waals surface area (Å²) in [5.74, 6) is -1.03. The number of carbonyl (C=O) groups excluding carboxylic acids is 1. The number of hydrogen-bond acceptors (Lipinski definition) is 7. The molecule has 1 amide bonds. The van der Waals surface area contributed by atoms with Crippen LogP contribution in [0.3, 0.4) is 0 Å². The molecule has 0 aliphatic rings. The minimum absolute atomic E-state index is 0.00388. The summed E-state index contributed by atoms with van der Waals surface area (Å²) in [6.45, 7) is -3.03. The number of benzene rings is 1. The van der Waals surface area contributed by atoms with Gasteiger partial charge in [-0.25, -0.2) is 4.79 Å². The van der Waals surface area contributed by atoms with E-state index in [0.29, 0.717) is 4.88 Å². The van der Waals surface area contributed by atoms with Gasteiger partial charge < -0.3 is 19.2 Å². The van der Waals surface area contributed by atoms with Crippen LogP contribution in [0.4, 0.5) is 14.5 Å². The van der Waals surface area contributed by atoms with Crippen LogP contribution in [-0.2, 0) is 11.3 Å². The SMILES string of the molecule is COc1ccc(NC(=O)CCn2nc(-c3cccs3)oc2=O)cc1OC(F)F. The number of anilines is 1. The molecule has 1 aromatic carbocycles. The van der Waals surface area contributed by atoms with Crippen molar-refractivity contribution in [3.63, 3.8) is 0 Å². The smallest absolute Gasteiger partial charge is 0.437 e. The summed E-state index contributed by atoms with van der Waals surface area (Å²) in [6, 6.07) is 7.65. The maximum atomic E-state index is 12.5. The summed E-state index contributed by atoms with van der Waals surface area (Å²) < 4.78 is 40.3. The molecule has 0 aliphatic heterocycles. The van der Waals surface area contributed by atoms with Crippen LogP contribution in [0.2, 0.25) is 0 Å². The lowest BCUT2D eigenvalue weighted by molar-refractivity contribution is -0.116. The van der Waals surface area contributed by atoms with E-state index >= 15 is 0 Å². The van der Waals surface area contributed by atoms with Gasteiger partial charge in [0.25, 0.3) is 5.89 Å². The fourth-order valence-electron chi connectivity index (χ4n) is 2.32. The highest BCUT2D eigenvalue weighted by Crippen LogP contribution is 2.31. The summed E-state index contributed by atoms with van der Waals surface area (Å²) >= 11 is 1.37. The van der Waals surface area contributed by atoms with Crippen molar-refractivity contribution in [3.8, 4) is 22.3 Å². The lowest BCUT2D eigenvalue weighted by Gasteiger charge is -2.12. The van der Waals surface area contributed by atoms with E-state index in [9.17, 15) is 18.4 Å². The van der Waals surface area contributed by atoms with Crippen LogP contribution in [0.5, 0.6) is 11.5 Å². The number of aryl methyl sites for hydroxylation is 1. The molecule has 1 N–H and O–H groups in total. The Bertz CT molecular complexity index is 1000. The number of ether oxygens (including phenoxy) is 2. The monoisotopic (exact) mass is 411 g/mol. The van der Waals surface area contributed by atoms with Crippen molar-refractivity contribution in [2.24, 2.45) is 0 Å². The quantitative estimate of drug-likeness (QED) is 0.612. The summed E-state index contributed by atoms with van der Waals surface area (Å²) in [4.78, 5) is 24.6. The van der Waals surface area contributed by atoms with Gasteiger partial charge in [-0.15, -0.1) is 16.4 Å². The average Bonchev–Trinajstić information content (AvgIpc) is 3.29. The number of carbonyl (C=O) groups is 1. The number of aromatic nitrogens is 2. The Morgan fingerprint density at radius 1 is 1.36 bits per heavy atom. The van der Waals surface area contributed by atoms with Crippen molar-refractivity contribution in [2.45, 2.75) is 19.6 Å². The molecule has 0 saturated heterocycles. The highest BCUT2D eigenvalue weighted by atomic mass is 32.1. The summed E-state index contributed by atoms with van der Waals surface area (Å²) in [6.07, 6.45) is -0.0760. The molecule has 3 rings (SSSR count). The van der Waals surface area contributed by atoms with Crippen molar-refractivity contribution in [1.29, 1.82) is 0 Å². The molecule has 148 valence electrons. The Morgan fingerprint density at radius 3 is 2.86 bits per heavy atom. The van der Waals surface area contributed by atoms with Crippen LogP contribution in [0.25, 0.3) is 10.8 Å². The molecule has 28 heavy (non-hydrogen) atoms. The Hall–Kier alpha value is -3.21. The van der Waals surface area contributed by atoms with Gasteiger partial charge in [-0.3, -0.25) is 4.79 Å². The van der Waals surface area contributed by atoms with Crippen molar-refractivity contribution in [3.05, 3.63) is 46.3 Å². The second-order valence-electron chi connectivity index (χ2n) is 5.42. The maximum Gasteiger partial charge on any atom is 0.437 e. The first kappa shape index (κ1) is 19.5. The van der Waals surface area contributed by atoms with Crippen LogP contribution in [-0.4, -0.2) is 29.4 Å². The van der Waals surface area contributed by atoms with Gasteiger partial charge in [0.2, 0.25) is 5.91 Å². The molecular formula is C17H15F2N3O5S. The molecule has 0 fully saturated rings. The Kier molecular flexibility index (Phi) is 6.04. The normalized spacial score (nSPS) is 10.9. The largest absolute Gasteiger partial charge is 0.493 e. The zero-order valence-corrected chi connectivity index (χ0v) is 15.4. The lowest BCUT2D eigenvalue weighted by atomic mass is 10.2. The molecule has 0 bridgehead atoms. The fraction of sp³-hybridized carbons (Fsp3) is 0.235. The molecule has 11 heteroatoms. The highest BCUT2D eigenvalue weighted by molar-refractivity contribution is 7.13. The molecule has 0 unspecified atom stereocenters. The molecule has 2 aromatic heterocycles. The molecule has 3 aromatic rings. The van der Waals surface area contributed by atoms with Gasteiger partial charge in [0.1, 0.15) is 0 Å². The van der Waals surface area contributed by atoms with Crippen molar-refractivity contribution < 1.29 is 27.5 Å². The van der Waals surface area contributed by atoms with Crippen LogP contribution >= 0.6 is 11.3 Å². The van der Waals surface area contributed by atoms with E-state index in [2.05, 4.69) is 15.2 Å². The molecular weight excluding hydrogens is 396 g/mol. The summed E-state index contributed by atoms with van der Waals surface area (Å²) in [7, 11) is 1.31. The van der Waals surface area contributed by atoms with E-state index in [-0.39, 0.29) is 36.0 Å². The second-order valence-corrected chi connectivity index (χ2v) is 6.36. The highest BCUT2D eigenvalue weighted by Gasteiger charge is 2.14. The van der Waals surface area contributed by atoms with Gasteiger partial charge in [0.15, 0.2) is 11.5 Å². The van der Waals surface area contributed by atoms with E-state index in [1.807, 2.05) is 5.38 Å². The Labute approximate surface area is 161 Å². The fourth-order valence-corrected chi connectivity index (χ4v) is 2.97. The number of nitrogens with zero attached hydrogens (tertiary/aromatic N) is 2. The van der Waals surface area contributed by atoms with Gasteiger partial charge in [0, 0.05) is 18.2 Å². The van der Waals surface area contributed by atoms with Gasteiger partial charge in [-0.05, 0) is 23.6 Å². The van der Waals surface area contributed by atoms with E-state index in [4.69, 9.17) is 9.15 Å². The second kappa shape index (κ2) is 8.65. The van der Waals surface area contributed by atoms with Crippen molar-refractivity contribution >= 4 is 22.9 Å². The Morgan fingerprint density at radius 2 is 2.18 bits per heavy atom. The third-order valence-corrected chi connectivity index (χ3v) is 4.41. The number of hydrogen-bond donors (Lipinski definition) is 1. The van der Waals surface area contributed by atoms with Crippen LogP contribution in [0.15, 0.2) is 44.9 Å². The first-order valence-corrected chi connectivity index (χ1v) is 8.88. The molecule has 0 atom stereocenters. The van der Waals surface area contributed by atoms with Gasteiger partial charge in [-0.1, -0.05) is 6.07 Å². The minimum atomic E-state index is -3.03. The molecule has 8 nitrogen and oxygen atoms in total. The van der Waals surface area contributed by atoms with Crippen LogP contribution < -0.4 is 20.5 Å². The topological polar surface area (TPSA) is 95.6 Å². The first-order valence-electron chi connectivity index (χ1n) is 8.01. The van der Waals surface area contributed by atoms with E-state index in [1.54, 1.807) is 12.1 Å². The average molecular weight is 411 g/mol. The zero-order valence-electron chi connectivity index (χ0n) is 14.6. The Balaban J connectivity index is 1.63. The number of thiophene rings is 1. The number of halogens is 2. The van der Waals surface area contributed by atoms with Crippen LogP contribution in [0, 0.1) is 0 Å². The number of amides is 1. The van der Waals surface area contributed by atoms with E-state index in [1.165, 1.54) is 36.6 Å². The van der Waals surface area contributed by atoms with Gasteiger partial charge in [-0.2, -0.15) is 13.5 Å². The number of alkyl halides is 2. The lowest BCUT2D eigenvalue weighted by Crippen LogP contribution is -2.21.